The maximum Gasteiger partial charge on any atom is 0.162 e. The summed E-state index contributed by atoms with van der Waals surface area (Å²) < 4.78 is 17.1. The summed E-state index contributed by atoms with van der Waals surface area (Å²) in [5, 5.41) is 2.19. The first-order valence-corrected chi connectivity index (χ1v) is 8.59. The van der Waals surface area contributed by atoms with E-state index in [1.165, 1.54) is 10.9 Å². The molecule has 0 amide bonds. The number of ether oxygens (including phenoxy) is 2. The number of fused-ring (bicyclic) bond motifs is 5. The van der Waals surface area contributed by atoms with Crippen LogP contribution in [-0.4, -0.2) is 19.2 Å². The Morgan fingerprint density at radius 1 is 0.923 bits per heavy atom. The molecular weight excluding hydrogens is 350 g/mol. The summed E-state index contributed by atoms with van der Waals surface area (Å²) in [6.07, 6.45) is 1.82. The van der Waals surface area contributed by atoms with Crippen molar-refractivity contribution in [3.05, 3.63) is 41.7 Å². The third-order valence-corrected chi connectivity index (χ3v) is 4.80. The van der Waals surface area contributed by atoms with E-state index in [2.05, 4.69) is 32.0 Å². The normalized spacial score (nSPS) is 11.1. The van der Waals surface area contributed by atoms with Gasteiger partial charge in [0.25, 0.3) is 0 Å². The van der Waals surface area contributed by atoms with Crippen molar-refractivity contribution in [3.8, 4) is 22.8 Å². The Morgan fingerprint density at radius 2 is 1.65 bits per heavy atom. The Balaban J connectivity index is 0.00000196. The largest absolute Gasteiger partial charge is 0.493 e. The van der Waals surface area contributed by atoms with Gasteiger partial charge in [0.1, 0.15) is 11.3 Å². The summed E-state index contributed by atoms with van der Waals surface area (Å²) in [6.45, 7) is 4.27. The van der Waals surface area contributed by atoms with Gasteiger partial charge in [-0.05, 0) is 30.2 Å². The van der Waals surface area contributed by atoms with Crippen molar-refractivity contribution < 1.29 is 13.9 Å². The van der Waals surface area contributed by atoms with Gasteiger partial charge in [0.2, 0.25) is 0 Å². The van der Waals surface area contributed by atoms with Gasteiger partial charge in [0.15, 0.2) is 11.5 Å². The second kappa shape index (κ2) is 7.04. The monoisotopic (exact) mass is 371 g/mol. The number of rotatable bonds is 4. The van der Waals surface area contributed by atoms with Crippen LogP contribution >= 0.6 is 12.4 Å². The van der Waals surface area contributed by atoms with Gasteiger partial charge in [-0.25, -0.2) is 4.98 Å². The fourth-order valence-electron chi connectivity index (χ4n) is 3.46. The van der Waals surface area contributed by atoms with Gasteiger partial charge in [-0.3, -0.25) is 0 Å². The Bertz CT molecular complexity index is 1050. The number of benzene rings is 1. The van der Waals surface area contributed by atoms with E-state index in [1.807, 2.05) is 12.1 Å². The van der Waals surface area contributed by atoms with Gasteiger partial charge in [-0.2, -0.15) is 0 Å². The molecule has 4 rings (SSSR count). The van der Waals surface area contributed by atoms with Crippen LogP contribution in [0.15, 0.2) is 34.7 Å². The van der Waals surface area contributed by atoms with Crippen molar-refractivity contribution in [2.45, 2.75) is 26.7 Å². The number of furan rings is 1. The maximum absolute atomic E-state index is 6.22. The topological polar surface area (TPSA) is 44.5 Å². The Labute approximate surface area is 158 Å². The van der Waals surface area contributed by atoms with Gasteiger partial charge in [-0.15, -0.1) is 12.4 Å². The van der Waals surface area contributed by atoms with Gasteiger partial charge in [0, 0.05) is 23.3 Å². The molecule has 0 bridgehead atoms. The first kappa shape index (κ1) is 18.3. The van der Waals surface area contributed by atoms with Crippen molar-refractivity contribution in [3.63, 3.8) is 0 Å². The zero-order valence-corrected chi connectivity index (χ0v) is 16.2. The van der Waals surface area contributed by atoms with Crippen molar-refractivity contribution in [1.29, 1.82) is 0 Å². The Morgan fingerprint density at radius 3 is 2.31 bits per heavy atom. The molecule has 0 fully saturated rings. The summed E-state index contributed by atoms with van der Waals surface area (Å²) in [5.74, 6) is 2.37. The van der Waals surface area contributed by atoms with Crippen LogP contribution in [0.2, 0.25) is 0 Å². The van der Waals surface area contributed by atoms with Crippen LogP contribution in [0.5, 0.6) is 11.5 Å². The van der Waals surface area contributed by atoms with Gasteiger partial charge >= 0.3 is 0 Å². The fraction of sp³-hybridized carbons (Fsp3) is 0.286. The van der Waals surface area contributed by atoms with E-state index < -0.39 is 0 Å². The van der Waals surface area contributed by atoms with Crippen molar-refractivity contribution in [2.24, 2.45) is 0 Å². The van der Waals surface area contributed by atoms with E-state index in [-0.39, 0.29) is 12.4 Å². The number of aromatic nitrogens is 1. The van der Waals surface area contributed by atoms with Crippen molar-refractivity contribution in [2.75, 3.05) is 14.2 Å². The minimum atomic E-state index is 0. The highest BCUT2D eigenvalue weighted by molar-refractivity contribution is 6.09. The van der Waals surface area contributed by atoms with E-state index in [4.69, 9.17) is 18.9 Å². The Hall–Kier alpha value is -2.46. The van der Waals surface area contributed by atoms with E-state index in [0.29, 0.717) is 11.5 Å². The predicted octanol–water partition coefficient (Wildman–Crippen LogP) is 5.65. The minimum absolute atomic E-state index is 0. The molecule has 0 atom stereocenters. The van der Waals surface area contributed by atoms with Crippen LogP contribution in [0, 0.1) is 0 Å². The van der Waals surface area contributed by atoms with Crippen LogP contribution < -0.4 is 9.47 Å². The number of aryl methyl sites for hydroxylation is 2. The smallest absolute Gasteiger partial charge is 0.162 e. The van der Waals surface area contributed by atoms with Crippen LogP contribution in [0.1, 0.15) is 25.2 Å². The lowest BCUT2D eigenvalue weighted by Gasteiger charge is -2.07. The molecule has 4 nitrogen and oxygen atoms in total. The quantitative estimate of drug-likeness (QED) is 0.465. The summed E-state index contributed by atoms with van der Waals surface area (Å²) in [6, 6.07) is 10.3. The average Bonchev–Trinajstić information content (AvgIpc) is 3.18. The molecule has 2 aliphatic rings. The number of methoxy groups -OCH3 is 2. The van der Waals surface area contributed by atoms with Gasteiger partial charge in [0.05, 0.1) is 31.0 Å². The molecule has 5 heteroatoms. The molecule has 0 N–H and O–H groups in total. The Kier molecular flexibility index (Phi) is 4.97. The highest BCUT2D eigenvalue weighted by Gasteiger charge is 2.21. The molecule has 1 aliphatic heterocycles. The van der Waals surface area contributed by atoms with Crippen LogP contribution in [0.3, 0.4) is 0 Å². The standard InChI is InChI=1S/C21H21NO3.ClH/c1-5-12-7-8-16-20(21-14(12)9-13(6-2)25-21)15-10-18(23-3)19(24-4)11-17(15)22-16;/h7-11H,5-6H2,1-4H3;1H. The molecule has 0 unspecified atom stereocenters. The SMILES string of the molecule is CCc1cc2c(CC)ccc3nc4cc(OC)c(OC)cc4c-3c2o1.Cl. The molecule has 136 valence electrons. The number of halogens is 1. The molecule has 0 saturated carbocycles. The van der Waals surface area contributed by atoms with E-state index in [0.717, 1.165) is 46.3 Å². The average molecular weight is 372 g/mol. The van der Waals surface area contributed by atoms with Crippen LogP contribution in [0.4, 0.5) is 0 Å². The number of hydrogen-bond acceptors (Lipinski definition) is 4. The zero-order valence-electron chi connectivity index (χ0n) is 15.4. The molecule has 1 aliphatic carbocycles. The van der Waals surface area contributed by atoms with Crippen molar-refractivity contribution >= 4 is 34.3 Å². The molecule has 1 aromatic heterocycles. The van der Waals surface area contributed by atoms with Gasteiger partial charge < -0.3 is 13.9 Å². The lowest BCUT2D eigenvalue weighted by molar-refractivity contribution is 0.356. The van der Waals surface area contributed by atoms with E-state index in [9.17, 15) is 0 Å². The second-order valence-electron chi connectivity index (χ2n) is 6.12. The lowest BCUT2D eigenvalue weighted by Crippen LogP contribution is -1.89. The lowest BCUT2D eigenvalue weighted by atomic mass is 10.1. The number of nitrogens with zero attached hydrogens (tertiary/aromatic N) is 1. The predicted molar refractivity (Wildman–Crippen MR) is 107 cm³/mol. The summed E-state index contributed by atoms with van der Waals surface area (Å²) in [5.41, 5.74) is 5.01. The van der Waals surface area contributed by atoms with E-state index >= 15 is 0 Å². The van der Waals surface area contributed by atoms with Crippen molar-refractivity contribution in [1.82, 2.24) is 4.98 Å². The minimum Gasteiger partial charge on any atom is -0.493 e. The van der Waals surface area contributed by atoms with Crippen LogP contribution in [0.25, 0.3) is 33.1 Å². The second-order valence-corrected chi connectivity index (χ2v) is 6.12. The first-order valence-electron chi connectivity index (χ1n) is 8.59. The fourth-order valence-corrected chi connectivity index (χ4v) is 3.46. The molecular formula is C21H22ClNO3. The first-order chi connectivity index (χ1) is 12.2. The highest BCUT2D eigenvalue weighted by atomic mass is 35.5. The number of hydrogen-bond donors (Lipinski definition) is 0. The molecule has 2 heterocycles. The summed E-state index contributed by atoms with van der Waals surface area (Å²) in [4.78, 5) is 4.80. The zero-order chi connectivity index (χ0) is 17.6. The molecule has 0 spiro atoms. The maximum atomic E-state index is 6.22. The molecule has 0 radical (unpaired) electrons. The third kappa shape index (κ3) is 2.65. The summed E-state index contributed by atoms with van der Waals surface area (Å²) >= 11 is 0. The third-order valence-electron chi connectivity index (χ3n) is 4.80. The molecule has 1 aromatic carbocycles. The summed E-state index contributed by atoms with van der Waals surface area (Å²) in [7, 11) is 3.28. The van der Waals surface area contributed by atoms with Gasteiger partial charge in [-0.1, -0.05) is 19.9 Å². The molecule has 2 aromatic rings. The molecule has 0 saturated heterocycles. The highest BCUT2D eigenvalue weighted by Crippen LogP contribution is 2.42. The molecule has 26 heavy (non-hydrogen) atoms. The van der Waals surface area contributed by atoms with Crippen LogP contribution in [-0.2, 0) is 12.8 Å². The van der Waals surface area contributed by atoms with E-state index in [1.54, 1.807) is 14.2 Å².